The van der Waals surface area contributed by atoms with Gasteiger partial charge in [0.2, 0.25) is 0 Å². The first kappa shape index (κ1) is 21.3. The third-order valence-corrected chi connectivity index (χ3v) is 6.29. The minimum absolute atomic E-state index is 0.163. The van der Waals surface area contributed by atoms with E-state index in [1.807, 2.05) is 6.92 Å². The van der Waals surface area contributed by atoms with Crippen LogP contribution in [0.5, 0.6) is 0 Å². The summed E-state index contributed by atoms with van der Waals surface area (Å²) in [7, 11) is 0. The Kier molecular flexibility index (Phi) is 5.71. The molecule has 1 heterocycles. The molecule has 1 aromatic heterocycles. The van der Waals surface area contributed by atoms with Crippen LogP contribution in [-0.4, -0.2) is 17.6 Å². The van der Waals surface area contributed by atoms with Gasteiger partial charge in [-0.2, -0.15) is 0 Å². The first-order valence-corrected chi connectivity index (χ1v) is 10.5. The van der Waals surface area contributed by atoms with E-state index < -0.39 is 0 Å². The van der Waals surface area contributed by atoms with Crippen molar-refractivity contribution in [3.8, 4) is 11.1 Å². The molecule has 1 aromatic carbocycles. The lowest BCUT2D eigenvalue weighted by molar-refractivity contribution is -0.137. The van der Waals surface area contributed by atoms with E-state index in [4.69, 9.17) is 4.74 Å². The van der Waals surface area contributed by atoms with Crippen LogP contribution in [0.2, 0.25) is 0 Å². The average Bonchev–Trinajstić information content (AvgIpc) is 2.65. The predicted molar refractivity (Wildman–Crippen MR) is 120 cm³/mol. The van der Waals surface area contributed by atoms with Crippen LogP contribution in [0, 0.1) is 13.8 Å². The minimum atomic E-state index is -0.330. The van der Waals surface area contributed by atoms with Gasteiger partial charge in [0.25, 0.3) is 0 Å². The largest absolute Gasteiger partial charge is 0.463 e. The topological polar surface area (TPSA) is 39.2 Å². The van der Waals surface area contributed by atoms with E-state index in [9.17, 15) is 4.79 Å². The Morgan fingerprint density at radius 3 is 2.28 bits per heavy atom. The number of hydrogen-bond acceptors (Lipinski definition) is 3. The Hall–Kier alpha value is -2.42. The molecule has 3 heteroatoms. The van der Waals surface area contributed by atoms with E-state index in [2.05, 4.69) is 57.8 Å². The number of aromatic nitrogens is 1. The Morgan fingerprint density at radius 1 is 1.03 bits per heavy atom. The van der Waals surface area contributed by atoms with Crippen molar-refractivity contribution in [2.24, 2.45) is 0 Å². The summed E-state index contributed by atoms with van der Waals surface area (Å²) in [5.41, 5.74) is 8.79. The van der Waals surface area contributed by atoms with Gasteiger partial charge in [-0.05, 0) is 90.5 Å². The van der Waals surface area contributed by atoms with Crippen LogP contribution in [0.25, 0.3) is 17.2 Å². The molecule has 0 saturated carbocycles. The summed E-state index contributed by atoms with van der Waals surface area (Å²) in [4.78, 5) is 16.2. The molecular weight excluding hydrogens is 358 g/mol. The number of aryl methyl sites for hydroxylation is 2. The lowest BCUT2D eigenvalue weighted by atomic mass is 9.62. The van der Waals surface area contributed by atoms with Crippen LogP contribution in [0.4, 0.5) is 0 Å². The first-order valence-electron chi connectivity index (χ1n) is 10.5. The van der Waals surface area contributed by atoms with Crippen molar-refractivity contribution in [2.45, 2.75) is 72.1 Å². The summed E-state index contributed by atoms with van der Waals surface area (Å²) in [6.07, 6.45) is 7.44. The van der Waals surface area contributed by atoms with Crippen molar-refractivity contribution < 1.29 is 9.53 Å². The van der Waals surface area contributed by atoms with Crippen molar-refractivity contribution >= 4 is 12.0 Å². The van der Waals surface area contributed by atoms with Crippen LogP contribution >= 0.6 is 0 Å². The fourth-order valence-corrected chi connectivity index (χ4v) is 4.28. The molecule has 0 atom stereocenters. The molecule has 3 rings (SSSR count). The average molecular weight is 392 g/mol. The SMILES string of the molecule is CCOC(=O)/C=C/c1cnc(C)c(-c2cc3c(cc2C)C(C)(C)CCC3(C)C)c1. The molecule has 0 saturated heterocycles. The van der Waals surface area contributed by atoms with Gasteiger partial charge in [-0.1, -0.05) is 33.8 Å². The van der Waals surface area contributed by atoms with Crippen molar-refractivity contribution in [3.63, 3.8) is 0 Å². The summed E-state index contributed by atoms with van der Waals surface area (Å²) in [5, 5.41) is 0. The fraction of sp³-hybridized carbons (Fsp3) is 0.462. The Bertz CT molecular complexity index is 967. The van der Waals surface area contributed by atoms with Gasteiger partial charge in [0, 0.05) is 23.5 Å². The number of rotatable bonds is 4. The van der Waals surface area contributed by atoms with Gasteiger partial charge in [0.1, 0.15) is 0 Å². The molecule has 1 aliphatic rings. The third-order valence-electron chi connectivity index (χ3n) is 6.29. The maximum atomic E-state index is 11.7. The van der Waals surface area contributed by atoms with Gasteiger partial charge in [-0.15, -0.1) is 0 Å². The van der Waals surface area contributed by atoms with E-state index in [-0.39, 0.29) is 16.8 Å². The zero-order valence-electron chi connectivity index (χ0n) is 18.8. The van der Waals surface area contributed by atoms with E-state index >= 15 is 0 Å². The molecule has 0 amide bonds. The van der Waals surface area contributed by atoms with Crippen LogP contribution < -0.4 is 0 Å². The van der Waals surface area contributed by atoms with Gasteiger partial charge >= 0.3 is 5.97 Å². The van der Waals surface area contributed by atoms with Crippen molar-refractivity contribution in [3.05, 3.63) is 58.4 Å². The molecule has 3 nitrogen and oxygen atoms in total. The summed E-state index contributed by atoms with van der Waals surface area (Å²) in [6, 6.07) is 6.88. The number of benzene rings is 1. The summed E-state index contributed by atoms with van der Waals surface area (Å²) in [5.74, 6) is -0.330. The lowest BCUT2D eigenvalue weighted by Gasteiger charge is -2.42. The second kappa shape index (κ2) is 7.78. The molecule has 154 valence electrons. The zero-order chi connectivity index (χ0) is 21.4. The van der Waals surface area contributed by atoms with Gasteiger partial charge in [-0.3, -0.25) is 4.98 Å². The lowest BCUT2D eigenvalue weighted by Crippen LogP contribution is -2.34. The molecule has 0 spiro atoms. The Balaban J connectivity index is 2.10. The molecule has 0 radical (unpaired) electrons. The number of carbonyl (C=O) groups excluding carboxylic acids is 1. The predicted octanol–water partition coefficient (Wildman–Crippen LogP) is 6.29. The van der Waals surface area contributed by atoms with Crippen LogP contribution in [0.3, 0.4) is 0 Å². The second-order valence-corrected chi connectivity index (χ2v) is 9.47. The Morgan fingerprint density at radius 2 is 1.66 bits per heavy atom. The molecule has 0 unspecified atom stereocenters. The van der Waals surface area contributed by atoms with Crippen molar-refractivity contribution in [1.29, 1.82) is 0 Å². The smallest absolute Gasteiger partial charge is 0.330 e. The molecule has 0 aliphatic heterocycles. The number of pyridine rings is 1. The maximum Gasteiger partial charge on any atom is 0.330 e. The minimum Gasteiger partial charge on any atom is -0.463 e. The van der Waals surface area contributed by atoms with Gasteiger partial charge < -0.3 is 4.74 Å². The summed E-state index contributed by atoms with van der Waals surface area (Å²) in [6.45, 7) is 15.8. The highest BCUT2D eigenvalue weighted by Gasteiger charge is 2.37. The molecule has 0 fully saturated rings. The summed E-state index contributed by atoms with van der Waals surface area (Å²) >= 11 is 0. The highest BCUT2D eigenvalue weighted by molar-refractivity contribution is 5.87. The highest BCUT2D eigenvalue weighted by atomic mass is 16.5. The molecule has 0 bridgehead atoms. The van der Waals surface area contributed by atoms with Crippen LogP contribution in [0.1, 0.15) is 75.4 Å². The molecule has 2 aromatic rings. The maximum absolute atomic E-state index is 11.7. The summed E-state index contributed by atoms with van der Waals surface area (Å²) < 4.78 is 4.98. The monoisotopic (exact) mass is 391 g/mol. The number of nitrogens with zero attached hydrogens (tertiary/aromatic N) is 1. The number of esters is 1. The zero-order valence-corrected chi connectivity index (χ0v) is 18.8. The molecule has 29 heavy (non-hydrogen) atoms. The standard InChI is InChI=1S/C26H33NO2/c1-8-29-24(28)10-9-19-14-21(18(3)27-16-19)20-15-23-22(13-17(20)2)25(4,5)11-12-26(23,6)7/h9-10,13-16H,8,11-12H2,1-7H3/b10-9+. The van der Waals surface area contributed by atoms with E-state index in [1.54, 1.807) is 19.2 Å². The van der Waals surface area contributed by atoms with Gasteiger partial charge in [0.15, 0.2) is 0 Å². The van der Waals surface area contributed by atoms with E-state index in [0.29, 0.717) is 6.61 Å². The fourth-order valence-electron chi connectivity index (χ4n) is 4.28. The number of hydrogen-bond donors (Lipinski definition) is 0. The normalized spacial score (nSPS) is 17.2. The van der Waals surface area contributed by atoms with E-state index in [0.717, 1.165) is 16.8 Å². The molecule has 1 aliphatic carbocycles. The molecular formula is C26H33NO2. The Labute approximate surface area is 175 Å². The number of ether oxygens (including phenoxy) is 1. The highest BCUT2D eigenvalue weighted by Crippen LogP contribution is 2.47. The number of fused-ring (bicyclic) bond motifs is 1. The van der Waals surface area contributed by atoms with Crippen molar-refractivity contribution in [1.82, 2.24) is 4.98 Å². The van der Waals surface area contributed by atoms with E-state index in [1.165, 1.54) is 41.2 Å². The first-order chi connectivity index (χ1) is 13.5. The van der Waals surface area contributed by atoms with Crippen molar-refractivity contribution in [2.75, 3.05) is 6.61 Å². The van der Waals surface area contributed by atoms with Crippen LogP contribution in [-0.2, 0) is 20.4 Å². The third kappa shape index (κ3) is 4.29. The quantitative estimate of drug-likeness (QED) is 0.454. The van der Waals surface area contributed by atoms with Crippen LogP contribution in [0.15, 0.2) is 30.5 Å². The van der Waals surface area contributed by atoms with Gasteiger partial charge in [-0.25, -0.2) is 4.79 Å². The van der Waals surface area contributed by atoms with Gasteiger partial charge in [0.05, 0.1) is 6.61 Å². The second-order valence-electron chi connectivity index (χ2n) is 9.47. The molecule has 0 N–H and O–H groups in total. The number of carbonyl (C=O) groups is 1.